The summed E-state index contributed by atoms with van der Waals surface area (Å²) in [4.78, 5) is 39.5. The van der Waals surface area contributed by atoms with E-state index in [2.05, 4.69) is 24.4 Å². The highest BCUT2D eigenvalue weighted by Crippen LogP contribution is 2.60. The number of Topliss-reactive ketones (excluding diaryl/α,β-unsaturated/α-hetero) is 1. The normalized spacial score (nSPS) is 32.0. The van der Waals surface area contributed by atoms with E-state index in [0.29, 0.717) is 35.7 Å². The summed E-state index contributed by atoms with van der Waals surface area (Å²) in [7, 11) is 0. The second-order valence-electron chi connectivity index (χ2n) is 13.2. The molecule has 0 saturated heterocycles. The first kappa shape index (κ1) is 28.7. The van der Waals surface area contributed by atoms with Gasteiger partial charge in [0, 0.05) is 11.0 Å². The standard InChI is InChI=1S/C33H47NO4S/c1-3-4-22-5-7-26(8-6-22)27-9-11-28(12-10-27)30(35)21-38-31(36)29(13-14-39-2)34-32(37)33-18-23-15-24(19-33)17-25(16-23)20-33/h9-12,22-26,29H,3-8,13-21H2,1-2H3,(H,34,37). The molecule has 6 rings (SSSR count). The third kappa shape index (κ3) is 6.74. The van der Waals surface area contributed by atoms with E-state index in [9.17, 15) is 14.4 Å². The summed E-state index contributed by atoms with van der Waals surface area (Å²) in [5.74, 6) is 3.55. The summed E-state index contributed by atoms with van der Waals surface area (Å²) in [5.41, 5.74) is 1.58. The largest absolute Gasteiger partial charge is 0.456 e. The molecule has 1 atom stereocenters. The maximum atomic E-state index is 13.6. The zero-order valence-electron chi connectivity index (χ0n) is 23.9. The van der Waals surface area contributed by atoms with Gasteiger partial charge in [0.2, 0.25) is 5.91 Å². The van der Waals surface area contributed by atoms with Crippen molar-refractivity contribution in [2.24, 2.45) is 29.1 Å². The first-order chi connectivity index (χ1) is 18.9. The highest BCUT2D eigenvalue weighted by Gasteiger charge is 2.55. The average Bonchev–Trinajstić information content (AvgIpc) is 2.93. The van der Waals surface area contributed by atoms with Crippen LogP contribution in [0.25, 0.3) is 0 Å². The molecule has 0 aromatic heterocycles. The number of amides is 1. The van der Waals surface area contributed by atoms with Crippen molar-refractivity contribution in [3.8, 4) is 0 Å². The maximum Gasteiger partial charge on any atom is 0.329 e. The van der Waals surface area contributed by atoms with Gasteiger partial charge in [-0.25, -0.2) is 4.79 Å². The van der Waals surface area contributed by atoms with E-state index in [1.807, 2.05) is 18.4 Å². The SMILES string of the molecule is CCCC1CCC(c2ccc(C(=O)COC(=O)C(CCSC)NC(=O)C34CC5CC(CC(C5)C3)C4)cc2)CC1. The Balaban J connectivity index is 1.13. The fourth-order valence-electron chi connectivity index (χ4n) is 8.64. The molecule has 5 saturated carbocycles. The first-order valence-corrected chi connectivity index (χ1v) is 16.9. The lowest BCUT2D eigenvalue weighted by molar-refractivity contribution is -0.153. The predicted octanol–water partition coefficient (Wildman–Crippen LogP) is 6.94. The average molecular weight is 554 g/mol. The molecule has 6 heteroatoms. The summed E-state index contributed by atoms with van der Waals surface area (Å²) in [6.07, 6.45) is 16.9. The van der Waals surface area contributed by atoms with Crippen molar-refractivity contribution in [2.75, 3.05) is 18.6 Å². The van der Waals surface area contributed by atoms with Crippen LogP contribution in [0.1, 0.15) is 112 Å². The number of esters is 1. The molecular formula is C33H47NO4S. The van der Waals surface area contributed by atoms with Gasteiger partial charge in [-0.15, -0.1) is 0 Å². The van der Waals surface area contributed by atoms with Crippen LogP contribution < -0.4 is 5.32 Å². The van der Waals surface area contributed by atoms with Gasteiger partial charge in [-0.2, -0.15) is 11.8 Å². The van der Waals surface area contributed by atoms with Crippen LogP contribution in [0.2, 0.25) is 0 Å². The summed E-state index contributed by atoms with van der Waals surface area (Å²) < 4.78 is 5.51. The van der Waals surface area contributed by atoms with Gasteiger partial charge in [0.15, 0.2) is 12.4 Å². The lowest BCUT2D eigenvalue weighted by atomic mass is 9.49. The van der Waals surface area contributed by atoms with Crippen molar-refractivity contribution >= 4 is 29.4 Å². The second kappa shape index (κ2) is 12.8. The molecule has 1 aromatic carbocycles. The smallest absolute Gasteiger partial charge is 0.329 e. The van der Waals surface area contributed by atoms with Gasteiger partial charge < -0.3 is 10.1 Å². The lowest BCUT2D eigenvalue weighted by Crippen LogP contribution is -2.56. The summed E-state index contributed by atoms with van der Waals surface area (Å²) in [6, 6.07) is 7.21. The number of ether oxygens (including phenoxy) is 1. The minimum Gasteiger partial charge on any atom is -0.456 e. The third-order valence-corrected chi connectivity index (χ3v) is 11.0. The van der Waals surface area contributed by atoms with E-state index in [1.165, 1.54) is 63.4 Å². The molecule has 5 aliphatic carbocycles. The Hall–Kier alpha value is -1.82. The van der Waals surface area contributed by atoms with Crippen molar-refractivity contribution in [1.29, 1.82) is 0 Å². The molecule has 1 amide bonds. The zero-order chi connectivity index (χ0) is 27.4. The molecule has 5 fully saturated rings. The Morgan fingerprint density at radius 2 is 1.59 bits per heavy atom. The number of benzene rings is 1. The van der Waals surface area contributed by atoms with Crippen molar-refractivity contribution in [2.45, 2.75) is 102 Å². The van der Waals surface area contributed by atoms with Crippen molar-refractivity contribution < 1.29 is 19.1 Å². The van der Waals surface area contributed by atoms with E-state index < -0.39 is 12.0 Å². The van der Waals surface area contributed by atoms with Crippen molar-refractivity contribution in [3.05, 3.63) is 35.4 Å². The first-order valence-electron chi connectivity index (χ1n) is 15.5. The molecular weight excluding hydrogens is 506 g/mol. The quantitative estimate of drug-likeness (QED) is 0.224. The van der Waals surface area contributed by atoms with Crippen LogP contribution in [0.4, 0.5) is 0 Å². The topological polar surface area (TPSA) is 72.5 Å². The molecule has 214 valence electrons. The minimum atomic E-state index is -0.698. The van der Waals surface area contributed by atoms with Crippen LogP contribution in [-0.2, 0) is 14.3 Å². The minimum absolute atomic E-state index is 0.0373. The molecule has 0 aliphatic heterocycles. The van der Waals surface area contributed by atoms with Gasteiger partial charge >= 0.3 is 5.97 Å². The number of thioether (sulfide) groups is 1. The third-order valence-electron chi connectivity index (χ3n) is 10.3. The molecule has 5 aliphatic rings. The zero-order valence-corrected chi connectivity index (χ0v) is 24.7. The molecule has 0 heterocycles. The fraction of sp³-hybridized carbons (Fsp3) is 0.727. The van der Waals surface area contributed by atoms with E-state index in [4.69, 9.17) is 4.74 Å². The Bertz CT molecular complexity index is 978. The fourth-order valence-corrected chi connectivity index (χ4v) is 9.11. The Kier molecular flexibility index (Phi) is 9.41. The molecule has 1 unspecified atom stereocenters. The molecule has 5 nitrogen and oxygen atoms in total. The van der Waals surface area contributed by atoms with Crippen LogP contribution in [0.3, 0.4) is 0 Å². The number of ketones is 1. The Morgan fingerprint density at radius 3 is 2.15 bits per heavy atom. The van der Waals surface area contributed by atoms with E-state index in [0.717, 1.165) is 30.9 Å². The van der Waals surface area contributed by atoms with E-state index in [-0.39, 0.29) is 23.7 Å². The van der Waals surface area contributed by atoms with Crippen LogP contribution in [0.5, 0.6) is 0 Å². The van der Waals surface area contributed by atoms with Crippen LogP contribution in [0.15, 0.2) is 24.3 Å². The van der Waals surface area contributed by atoms with Crippen LogP contribution in [-0.4, -0.2) is 42.3 Å². The maximum absolute atomic E-state index is 13.6. The molecule has 4 bridgehead atoms. The van der Waals surface area contributed by atoms with Crippen LogP contribution >= 0.6 is 11.8 Å². The van der Waals surface area contributed by atoms with Gasteiger partial charge in [-0.05, 0) is 118 Å². The van der Waals surface area contributed by atoms with E-state index >= 15 is 0 Å². The van der Waals surface area contributed by atoms with Gasteiger partial charge in [0.25, 0.3) is 0 Å². The molecule has 0 spiro atoms. The number of nitrogens with one attached hydrogen (secondary N) is 1. The van der Waals surface area contributed by atoms with Gasteiger partial charge in [0.1, 0.15) is 6.04 Å². The summed E-state index contributed by atoms with van der Waals surface area (Å²) >= 11 is 1.64. The number of carbonyl (C=O) groups excluding carboxylic acids is 3. The monoisotopic (exact) mass is 553 g/mol. The van der Waals surface area contributed by atoms with E-state index in [1.54, 1.807) is 11.8 Å². The molecule has 1 N–H and O–H groups in total. The highest BCUT2D eigenvalue weighted by atomic mass is 32.2. The van der Waals surface area contributed by atoms with Crippen LogP contribution in [0, 0.1) is 29.1 Å². The molecule has 39 heavy (non-hydrogen) atoms. The summed E-state index contributed by atoms with van der Waals surface area (Å²) in [6.45, 7) is 1.98. The number of carbonyl (C=O) groups is 3. The van der Waals surface area contributed by atoms with Gasteiger partial charge in [-0.3, -0.25) is 9.59 Å². The number of hydrogen-bond donors (Lipinski definition) is 1. The second-order valence-corrected chi connectivity index (χ2v) is 14.2. The Morgan fingerprint density at radius 1 is 0.974 bits per heavy atom. The van der Waals surface area contributed by atoms with Gasteiger partial charge in [0.05, 0.1) is 0 Å². The predicted molar refractivity (Wildman–Crippen MR) is 157 cm³/mol. The Labute approximate surface area is 239 Å². The number of rotatable bonds is 12. The molecule has 0 radical (unpaired) electrons. The van der Waals surface area contributed by atoms with Crippen molar-refractivity contribution in [1.82, 2.24) is 5.32 Å². The summed E-state index contributed by atoms with van der Waals surface area (Å²) in [5, 5.41) is 3.09. The molecule has 1 aromatic rings. The lowest BCUT2D eigenvalue weighted by Gasteiger charge is -2.55. The highest BCUT2D eigenvalue weighted by molar-refractivity contribution is 7.98. The van der Waals surface area contributed by atoms with Gasteiger partial charge in [-0.1, -0.05) is 44.0 Å². The van der Waals surface area contributed by atoms with Crippen molar-refractivity contribution in [3.63, 3.8) is 0 Å². The number of hydrogen-bond acceptors (Lipinski definition) is 5.